The molecule has 12 rings (SSSR count). The van der Waals surface area contributed by atoms with Gasteiger partial charge in [0.2, 0.25) is 0 Å². The summed E-state index contributed by atoms with van der Waals surface area (Å²) in [5.74, 6) is 1.86. The molecular weight excluding hydrogens is 771 g/mol. The first kappa shape index (κ1) is 36.3. The van der Waals surface area contributed by atoms with Crippen LogP contribution in [-0.2, 0) is 0 Å². The van der Waals surface area contributed by atoms with Gasteiger partial charge in [0.1, 0.15) is 11.2 Å². The topological polar surface area (TPSA) is 60.0 Å². The van der Waals surface area contributed by atoms with Gasteiger partial charge in [-0.1, -0.05) is 133 Å². The molecule has 3 aromatic heterocycles. The number of nitrogens with zero attached hydrogens (tertiary/aromatic N) is 5. The average molecular weight is 808 g/mol. The van der Waals surface area contributed by atoms with Gasteiger partial charge >= 0.3 is 0 Å². The quantitative estimate of drug-likeness (QED) is 0.153. The number of hydrogen-bond acceptors (Lipinski definition) is 5. The molecule has 0 fully saturated rings. The molecule has 0 aliphatic heterocycles. The monoisotopic (exact) mass is 807 g/mol. The maximum absolute atomic E-state index is 6.45. The lowest BCUT2D eigenvalue weighted by Crippen LogP contribution is -2.09. The van der Waals surface area contributed by atoms with E-state index in [1.54, 1.807) is 0 Å². The summed E-state index contributed by atoms with van der Waals surface area (Å²) in [5.41, 5.74) is 13.4. The smallest absolute Gasteiger partial charge is 0.164 e. The van der Waals surface area contributed by atoms with Crippen LogP contribution in [0.25, 0.3) is 94.7 Å². The fourth-order valence-electron chi connectivity index (χ4n) is 8.82. The highest BCUT2D eigenvalue weighted by molar-refractivity contribution is 6.12. The molecule has 3 heterocycles. The normalized spacial score (nSPS) is 11.5. The van der Waals surface area contributed by atoms with Gasteiger partial charge in [0.25, 0.3) is 0 Å². The number of para-hydroxylation sites is 3. The van der Waals surface area contributed by atoms with E-state index in [4.69, 9.17) is 19.4 Å². The van der Waals surface area contributed by atoms with E-state index in [0.717, 1.165) is 83.5 Å². The predicted molar refractivity (Wildman–Crippen MR) is 258 cm³/mol. The zero-order valence-electron chi connectivity index (χ0n) is 34.0. The maximum atomic E-state index is 6.45. The number of hydrogen-bond donors (Lipinski definition) is 0. The highest BCUT2D eigenvalue weighted by atomic mass is 16.3. The molecule has 6 heteroatoms. The highest BCUT2D eigenvalue weighted by Gasteiger charge is 2.18. The summed E-state index contributed by atoms with van der Waals surface area (Å²) in [7, 11) is 0. The summed E-state index contributed by atoms with van der Waals surface area (Å²) in [6.45, 7) is 0. The standard InChI is InChI=1S/C57H37N5O/c1-5-15-39(16-6-1)55-58-56(40-17-7-2-8-18-40)60-57(59-55)42-28-33-53-49(36-42)50-37-46(31-34-54(50)63-53)62-51-24-14-13-23-47(51)48-35-41(27-32-52(48)62)38-25-29-45(30-26-38)61(43-19-9-3-10-20-43)44-21-11-4-12-22-44/h1-37H. The molecule has 0 atom stereocenters. The molecule has 9 aromatic carbocycles. The Hall–Kier alpha value is -8.61. The van der Waals surface area contributed by atoms with E-state index in [9.17, 15) is 0 Å². The number of benzene rings is 9. The molecular formula is C57H37N5O. The van der Waals surface area contributed by atoms with Gasteiger partial charge in [-0.15, -0.1) is 0 Å². The molecule has 0 aliphatic rings. The first-order chi connectivity index (χ1) is 31.2. The number of fused-ring (bicyclic) bond motifs is 6. The molecule has 0 amide bonds. The van der Waals surface area contributed by atoms with E-state index in [-0.39, 0.29) is 0 Å². The van der Waals surface area contributed by atoms with Crippen LogP contribution in [0.4, 0.5) is 17.1 Å². The minimum atomic E-state index is 0.604. The van der Waals surface area contributed by atoms with Crippen LogP contribution in [0.15, 0.2) is 229 Å². The minimum Gasteiger partial charge on any atom is -0.456 e. The second-order valence-corrected chi connectivity index (χ2v) is 15.7. The number of rotatable bonds is 8. The summed E-state index contributed by atoms with van der Waals surface area (Å²) in [6, 6.07) is 78.2. The van der Waals surface area contributed by atoms with Crippen LogP contribution in [0.2, 0.25) is 0 Å². The Morgan fingerprint density at radius 2 is 0.778 bits per heavy atom. The van der Waals surface area contributed by atoms with Crippen LogP contribution in [0.5, 0.6) is 0 Å². The van der Waals surface area contributed by atoms with Gasteiger partial charge in [0.15, 0.2) is 17.5 Å². The van der Waals surface area contributed by atoms with Crippen molar-refractivity contribution >= 4 is 60.8 Å². The third-order valence-electron chi connectivity index (χ3n) is 11.8. The lowest BCUT2D eigenvalue weighted by molar-refractivity contribution is 0.669. The largest absolute Gasteiger partial charge is 0.456 e. The Morgan fingerprint density at radius 3 is 1.41 bits per heavy atom. The fourth-order valence-corrected chi connectivity index (χ4v) is 8.82. The summed E-state index contributed by atoms with van der Waals surface area (Å²) >= 11 is 0. The second-order valence-electron chi connectivity index (χ2n) is 15.7. The maximum Gasteiger partial charge on any atom is 0.164 e. The first-order valence-corrected chi connectivity index (χ1v) is 21.1. The third-order valence-corrected chi connectivity index (χ3v) is 11.8. The Balaban J connectivity index is 0.942. The van der Waals surface area contributed by atoms with Crippen molar-refractivity contribution in [3.05, 3.63) is 224 Å². The molecule has 63 heavy (non-hydrogen) atoms. The summed E-state index contributed by atoms with van der Waals surface area (Å²) in [4.78, 5) is 17.2. The van der Waals surface area contributed by atoms with E-state index in [1.807, 2.05) is 72.8 Å². The van der Waals surface area contributed by atoms with Crippen LogP contribution >= 0.6 is 0 Å². The van der Waals surface area contributed by atoms with Crippen molar-refractivity contribution < 1.29 is 4.42 Å². The zero-order valence-corrected chi connectivity index (χ0v) is 34.0. The van der Waals surface area contributed by atoms with Gasteiger partial charge in [-0.25, -0.2) is 15.0 Å². The zero-order chi connectivity index (χ0) is 41.7. The molecule has 0 radical (unpaired) electrons. The second kappa shape index (κ2) is 15.1. The summed E-state index contributed by atoms with van der Waals surface area (Å²) in [5, 5.41) is 4.41. The molecule has 0 saturated heterocycles. The number of furan rings is 1. The molecule has 0 saturated carbocycles. The van der Waals surface area contributed by atoms with Gasteiger partial charge in [-0.3, -0.25) is 0 Å². The molecule has 6 nitrogen and oxygen atoms in total. The van der Waals surface area contributed by atoms with E-state index in [2.05, 4.69) is 161 Å². The summed E-state index contributed by atoms with van der Waals surface area (Å²) < 4.78 is 8.81. The average Bonchev–Trinajstić information content (AvgIpc) is 3.90. The van der Waals surface area contributed by atoms with Crippen LogP contribution in [-0.4, -0.2) is 19.5 Å². The third kappa shape index (κ3) is 6.49. The van der Waals surface area contributed by atoms with Crippen molar-refractivity contribution in [3.8, 4) is 51.0 Å². The fraction of sp³-hybridized carbons (Fsp3) is 0. The molecule has 12 aromatic rings. The first-order valence-electron chi connectivity index (χ1n) is 21.1. The molecule has 0 N–H and O–H groups in total. The number of anilines is 3. The SMILES string of the molecule is c1ccc(-c2nc(-c3ccccc3)nc(-c3ccc4oc5ccc(-n6c7ccccc7c7cc(-c8ccc(N(c9ccccc9)c9ccccc9)cc8)ccc76)cc5c4c3)n2)cc1. The van der Waals surface area contributed by atoms with Crippen LogP contribution in [0.3, 0.4) is 0 Å². The lowest BCUT2D eigenvalue weighted by atomic mass is 10.0. The lowest BCUT2D eigenvalue weighted by Gasteiger charge is -2.25. The van der Waals surface area contributed by atoms with Crippen molar-refractivity contribution in [2.75, 3.05) is 4.90 Å². The van der Waals surface area contributed by atoms with E-state index < -0.39 is 0 Å². The Labute approximate surface area is 363 Å². The van der Waals surface area contributed by atoms with Crippen molar-refractivity contribution in [2.24, 2.45) is 0 Å². The van der Waals surface area contributed by atoms with Gasteiger partial charge < -0.3 is 13.9 Å². The van der Waals surface area contributed by atoms with Gasteiger partial charge in [-0.2, -0.15) is 0 Å². The molecule has 0 spiro atoms. The Kier molecular flexibility index (Phi) is 8.71. The van der Waals surface area contributed by atoms with Crippen molar-refractivity contribution in [2.45, 2.75) is 0 Å². The highest BCUT2D eigenvalue weighted by Crippen LogP contribution is 2.40. The van der Waals surface area contributed by atoms with E-state index >= 15 is 0 Å². The Morgan fingerprint density at radius 1 is 0.317 bits per heavy atom. The van der Waals surface area contributed by atoms with Gasteiger partial charge in [-0.05, 0) is 102 Å². The summed E-state index contributed by atoms with van der Waals surface area (Å²) in [6.07, 6.45) is 0. The molecule has 296 valence electrons. The van der Waals surface area contributed by atoms with E-state index in [0.29, 0.717) is 17.5 Å². The van der Waals surface area contributed by atoms with Crippen LogP contribution in [0, 0.1) is 0 Å². The van der Waals surface area contributed by atoms with Gasteiger partial charge in [0, 0.05) is 61.0 Å². The van der Waals surface area contributed by atoms with Crippen LogP contribution in [0.1, 0.15) is 0 Å². The van der Waals surface area contributed by atoms with E-state index in [1.165, 1.54) is 10.8 Å². The molecule has 0 unspecified atom stereocenters. The van der Waals surface area contributed by atoms with Crippen molar-refractivity contribution in [3.63, 3.8) is 0 Å². The predicted octanol–water partition coefficient (Wildman–Crippen LogP) is 15.0. The molecule has 0 bridgehead atoms. The van der Waals surface area contributed by atoms with Crippen molar-refractivity contribution in [1.82, 2.24) is 19.5 Å². The molecule has 0 aliphatic carbocycles. The number of aromatic nitrogens is 4. The van der Waals surface area contributed by atoms with Crippen molar-refractivity contribution in [1.29, 1.82) is 0 Å². The van der Waals surface area contributed by atoms with Gasteiger partial charge in [0.05, 0.1) is 11.0 Å². The minimum absolute atomic E-state index is 0.604. The Bertz CT molecular complexity index is 3510. The van der Waals surface area contributed by atoms with Crippen LogP contribution < -0.4 is 4.90 Å².